The quantitative estimate of drug-likeness (QED) is 0.832. The number of halogens is 1. The summed E-state index contributed by atoms with van der Waals surface area (Å²) >= 11 is 6.08. The fourth-order valence-electron chi connectivity index (χ4n) is 2.27. The van der Waals surface area contributed by atoms with Crippen molar-refractivity contribution in [2.24, 2.45) is 5.92 Å². The van der Waals surface area contributed by atoms with Crippen molar-refractivity contribution in [3.8, 4) is 5.75 Å². The van der Waals surface area contributed by atoms with Gasteiger partial charge in [0, 0.05) is 5.02 Å². The third kappa shape index (κ3) is 2.69. The molecule has 1 aliphatic heterocycles. The Kier molecular flexibility index (Phi) is 3.72. The Morgan fingerprint density at radius 3 is 2.75 bits per heavy atom. The third-order valence-electron chi connectivity index (χ3n) is 3.33. The van der Waals surface area contributed by atoms with Crippen molar-refractivity contribution in [2.75, 3.05) is 13.1 Å². The molecule has 0 aromatic heterocycles. The van der Waals surface area contributed by atoms with Crippen molar-refractivity contribution in [1.82, 2.24) is 5.32 Å². The van der Waals surface area contributed by atoms with Crippen LogP contribution < -0.4 is 5.32 Å². The van der Waals surface area contributed by atoms with E-state index in [1.54, 1.807) is 6.07 Å². The van der Waals surface area contributed by atoms with E-state index >= 15 is 0 Å². The van der Waals surface area contributed by atoms with E-state index in [0.29, 0.717) is 11.7 Å². The van der Waals surface area contributed by atoms with E-state index < -0.39 is 0 Å². The van der Waals surface area contributed by atoms with Crippen LogP contribution in [0.3, 0.4) is 0 Å². The van der Waals surface area contributed by atoms with Gasteiger partial charge in [-0.15, -0.1) is 0 Å². The van der Waals surface area contributed by atoms with Gasteiger partial charge in [-0.05, 0) is 68.5 Å². The molecule has 0 amide bonds. The lowest BCUT2D eigenvalue weighted by Gasteiger charge is -2.23. The molecule has 0 spiro atoms. The van der Waals surface area contributed by atoms with Gasteiger partial charge in [-0.25, -0.2) is 0 Å². The van der Waals surface area contributed by atoms with E-state index in [1.165, 1.54) is 12.8 Å². The highest BCUT2D eigenvalue weighted by Gasteiger charge is 2.16. The molecule has 1 fully saturated rings. The fraction of sp³-hybridized carbons (Fsp3) is 0.538. The van der Waals surface area contributed by atoms with Crippen LogP contribution in [0, 0.1) is 12.8 Å². The van der Waals surface area contributed by atoms with Crippen LogP contribution in [0.4, 0.5) is 0 Å². The van der Waals surface area contributed by atoms with Crippen LogP contribution in [0.5, 0.6) is 5.75 Å². The summed E-state index contributed by atoms with van der Waals surface area (Å²) in [6.07, 6.45) is 3.31. The number of phenolic OH excluding ortho intramolecular Hbond substituents is 1. The van der Waals surface area contributed by atoms with E-state index in [0.717, 1.165) is 35.7 Å². The SMILES string of the molecule is Cc1cc(O)c(CC2CCNCC2)cc1Cl. The molecule has 1 aromatic carbocycles. The van der Waals surface area contributed by atoms with Crippen LogP contribution in [-0.2, 0) is 6.42 Å². The summed E-state index contributed by atoms with van der Waals surface area (Å²) in [5.41, 5.74) is 1.93. The Labute approximate surface area is 102 Å². The molecule has 16 heavy (non-hydrogen) atoms. The van der Waals surface area contributed by atoms with E-state index in [4.69, 9.17) is 11.6 Å². The summed E-state index contributed by atoms with van der Waals surface area (Å²) in [6.45, 7) is 4.09. The second-order valence-corrected chi connectivity index (χ2v) is 5.03. The molecule has 88 valence electrons. The Morgan fingerprint density at radius 2 is 2.06 bits per heavy atom. The minimum atomic E-state index is 0.389. The van der Waals surface area contributed by atoms with Gasteiger partial charge in [0.15, 0.2) is 0 Å². The number of aryl methyl sites for hydroxylation is 1. The molecule has 0 atom stereocenters. The molecule has 1 aromatic rings. The number of hydrogen-bond acceptors (Lipinski definition) is 2. The van der Waals surface area contributed by atoms with E-state index in [1.807, 2.05) is 13.0 Å². The van der Waals surface area contributed by atoms with Gasteiger partial charge in [-0.3, -0.25) is 0 Å². The molecule has 2 nitrogen and oxygen atoms in total. The standard InChI is InChI=1S/C13H18ClNO/c1-9-6-13(16)11(8-12(9)14)7-10-2-4-15-5-3-10/h6,8,10,15-16H,2-5,7H2,1H3. The maximum Gasteiger partial charge on any atom is 0.119 e. The molecule has 0 aliphatic carbocycles. The molecule has 3 heteroatoms. The van der Waals surface area contributed by atoms with Gasteiger partial charge in [-0.1, -0.05) is 11.6 Å². The summed E-state index contributed by atoms with van der Waals surface area (Å²) in [7, 11) is 0. The maximum atomic E-state index is 9.87. The highest BCUT2D eigenvalue weighted by molar-refractivity contribution is 6.31. The van der Waals surface area contributed by atoms with E-state index in [2.05, 4.69) is 5.32 Å². The van der Waals surface area contributed by atoms with E-state index in [-0.39, 0.29) is 0 Å². The number of hydrogen-bond donors (Lipinski definition) is 2. The average molecular weight is 240 g/mol. The van der Waals surface area contributed by atoms with Crippen molar-refractivity contribution >= 4 is 11.6 Å². The van der Waals surface area contributed by atoms with Gasteiger partial charge in [0.25, 0.3) is 0 Å². The normalized spacial score (nSPS) is 17.6. The molecule has 1 aliphatic rings. The lowest BCUT2D eigenvalue weighted by molar-refractivity contribution is 0.366. The van der Waals surface area contributed by atoms with Crippen molar-refractivity contribution in [3.05, 3.63) is 28.3 Å². The molecule has 0 unspecified atom stereocenters. The van der Waals surface area contributed by atoms with Gasteiger partial charge in [0.1, 0.15) is 5.75 Å². The Bertz CT molecular complexity index is 372. The molecular formula is C13H18ClNO. The number of rotatable bonds is 2. The van der Waals surface area contributed by atoms with Gasteiger partial charge in [0.05, 0.1) is 0 Å². The Hall–Kier alpha value is -0.730. The molecular weight excluding hydrogens is 222 g/mol. The Balaban J connectivity index is 2.11. The second-order valence-electron chi connectivity index (χ2n) is 4.63. The summed E-state index contributed by atoms with van der Waals surface area (Å²) in [5.74, 6) is 1.06. The smallest absolute Gasteiger partial charge is 0.119 e. The molecule has 2 N–H and O–H groups in total. The Morgan fingerprint density at radius 1 is 1.38 bits per heavy atom. The summed E-state index contributed by atoms with van der Waals surface area (Å²) in [5, 5.41) is 14.0. The van der Waals surface area contributed by atoms with Crippen molar-refractivity contribution < 1.29 is 5.11 Å². The van der Waals surface area contributed by atoms with Crippen molar-refractivity contribution in [3.63, 3.8) is 0 Å². The first-order valence-electron chi connectivity index (χ1n) is 5.85. The first-order valence-corrected chi connectivity index (χ1v) is 6.23. The average Bonchev–Trinajstić information content (AvgIpc) is 2.27. The predicted molar refractivity (Wildman–Crippen MR) is 67.2 cm³/mol. The zero-order chi connectivity index (χ0) is 11.5. The molecule has 1 saturated heterocycles. The largest absolute Gasteiger partial charge is 0.508 e. The van der Waals surface area contributed by atoms with Gasteiger partial charge in [-0.2, -0.15) is 0 Å². The highest BCUT2D eigenvalue weighted by atomic mass is 35.5. The van der Waals surface area contributed by atoms with Crippen molar-refractivity contribution in [1.29, 1.82) is 0 Å². The van der Waals surface area contributed by atoms with Crippen LogP contribution >= 0.6 is 11.6 Å². The lowest BCUT2D eigenvalue weighted by atomic mass is 9.90. The van der Waals surface area contributed by atoms with Crippen molar-refractivity contribution in [2.45, 2.75) is 26.2 Å². The first-order chi connectivity index (χ1) is 7.66. The van der Waals surface area contributed by atoms with Crippen LogP contribution in [0.25, 0.3) is 0 Å². The van der Waals surface area contributed by atoms with Gasteiger partial charge in [0.2, 0.25) is 0 Å². The van der Waals surface area contributed by atoms with E-state index in [9.17, 15) is 5.11 Å². The maximum absolute atomic E-state index is 9.87. The lowest BCUT2D eigenvalue weighted by Crippen LogP contribution is -2.28. The van der Waals surface area contributed by atoms with Crippen LogP contribution in [0.2, 0.25) is 5.02 Å². The first kappa shape index (κ1) is 11.7. The fourth-order valence-corrected chi connectivity index (χ4v) is 2.45. The zero-order valence-electron chi connectivity index (χ0n) is 9.59. The van der Waals surface area contributed by atoms with Gasteiger partial charge >= 0.3 is 0 Å². The van der Waals surface area contributed by atoms with Crippen LogP contribution in [0.1, 0.15) is 24.0 Å². The number of piperidine rings is 1. The van der Waals surface area contributed by atoms with Crippen LogP contribution in [-0.4, -0.2) is 18.2 Å². The number of phenols is 1. The van der Waals surface area contributed by atoms with Crippen LogP contribution in [0.15, 0.2) is 12.1 Å². The predicted octanol–water partition coefficient (Wildman–Crippen LogP) is 2.90. The molecule has 0 radical (unpaired) electrons. The number of nitrogens with one attached hydrogen (secondary N) is 1. The topological polar surface area (TPSA) is 32.3 Å². The molecule has 1 heterocycles. The summed E-state index contributed by atoms with van der Waals surface area (Å²) < 4.78 is 0. The zero-order valence-corrected chi connectivity index (χ0v) is 10.3. The van der Waals surface area contributed by atoms with Gasteiger partial charge < -0.3 is 10.4 Å². The summed E-state index contributed by atoms with van der Waals surface area (Å²) in [6, 6.07) is 3.67. The monoisotopic (exact) mass is 239 g/mol. The molecule has 0 saturated carbocycles. The number of aromatic hydroxyl groups is 1. The third-order valence-corrected chi connectivity index (χ3v) is 3.73. The molecule has 2 rings (SSSR count). The number of benzene rings is 1. The summed E-state index contributed by atoms with van der Waals surface area (Å²) in [4.78, 5) is 0. The molecule has 0 bridgehead atoms. The minimum Gasteiger partial charge on any atom is -0.508 e. The second kappa shape index (κ2) is 5.07. The highest BCUT2D eigenvalue weighted by Crippen LogP contribution is 2.29. The minimum absolute atomic E-state index is 0.389.